The van der Waals surface area contributed by atoms with E-state index in [-0.39, 0.29) is 11.3 Å². The molecule has 1 fully saturated rings. The van der Waals surface area contributed by atoms with Crippen molar-refractivity contribution in [1.29, 1.82) is 0 Å². The maximum atomic E-state index is 11.8. The first-order valence-electron chi connectivity index (χ1n) is 6.09. The molecule has 0 saturated heterocycles. The van der Waals surface area contributed by atoms with Crippen LogP contribution in [0.25, 0.3) is 0 Å². The summed E-state index contributed by atoms with van der Waals surface area (Å²) in [5.41, 5.74) is 5.78. The molecule has 1 aliphatic rings. The molecule has 17 heavy (non-hydrogen) atoms. The van der Waals surface area contributed by atoms with Gasteiger partial charge in [-0.3, -0.25) is 4.79 Å². The van der Waals surface area contributed by atoms with Gasteiger partial charge >= 0.3 is 0 Å². The van der Waals surface area contributed by atoms with Crippen molar-refractivity contribution in [2.24, 2.45) is 5.41 Å². The summed E-state index contributed by atoms with van der Waals surface area (Å²) < 4.78 is 0. The molecule has 0 aromatic carbocycles. The van der Waals surface area contributed by atoms with Crippen molar-refractivity contribution in [3.63, 3.8) is 0 Å². The molecular formula is C12H19N3OS. The van der Waals surface area contributed by atoms with Crippen molar-refractivity contribution >= 4 is 22.4 Å². The largest absolute Gasteiger partial charge is 0.375 e. The molecule has 0 radical (unpaired) electrons. The first kappa shape index (κ1) is 12.4. The topological polar surface area (TPSA) is 68.0 Å². The van der Waals surface area contributed by atoms with Crippen LogP contribution < -0.4 is 11.1 Å². The van der Waals surface area contributed by atoms with E-state index >= 15 is 0 Å². The number of nitrogen functional groups attached to an aromatic ring is 1. The number of carbonyl (C=O) groups is 1. The minimum atomic E-state index is -0.0500. The van der Waals surface area contributed by atoms with Crippen LogP contribution in [0.5, 0.6) is 0 Å². The molecule has 0 atom stereocenters. The second kappa shape index (κ2) is 5.04. The number of nitrogens with zero attached hydrogens (tertiary/aromatic N) is 1. The maximum absolute atomic E-state index is 11.8. The van der Waals surface area contributed by atoms with Gasteiger partial charge < -0.3 is 11.1 Å². The van der Waals surface area contributed by atoms with Gasteiger partial charge in [-0.2, -0.15) is 0 Å². The highest BCUT2D eigenvalue weighted by molar-refractivity contribution is 7.17. The Labute approximate surface area is 106 Å². The fourth-order valence-electron chi connectivity index (χ4n) is 2.36. The molecule has 5 heteroatoms. The summed E-state index contributed by atoms with van der Waals surface area (Å²) in [7, 11) is 0. The highest BCUT2D eigenvalue weighted by Crippen LogP contribution is 2.35. The Hall–Kier alpha value is -1.10. The van der Waals surface area contributed by atoms with Crippen molar-refractivity contribution in [2.45, 2.75) is 39.0 Å². The van der Waals surface area contributed by atoms with E-state index in [9.17, 15) is 4.79 Å². The van der Waals surface area contributed by atoms with Gasteiger partial charge in [0.05, 0.1) is 6.20 Å². The monoisotopic (exact) mass is 253 g/mol. The Morgan fingerprint density at radius 2 is 2.24 bits per heavy atom. The van der Waals surface area contributed by atoms with E-state index in [0.29, 0.717) is 10.0 Å². The summed E-state index contributed by atoms with van der Waals surface area (Å²) in [5.74, 6) is -0.0500. The summed E-state index contributed by atoms with van der Waals surface area (Å²) in [5, 5.41) is 3.44. The molecule has 0 aliphatic heterocycles. The molecule has 2 rings (SSSR count). The predicted octanol–water partition coefficient (Wildman–Crippen LogP) is 2.43. The van der Waals surface area contributed by atoms with Crippen molar-refractivity contribution in [3.05, 3.63) is 11.1 Å². The van der Waals surface area contributed by atoms with Gasteiger partial charge in [0.2, 0.25) is 0 Å². The van der Waals surface area contributed by atoms with E-state index in [1.807, 2.05) is 0 Å². The van der Waals surface area contributed by atoms with Crippen LogP contribution in [0, 0.1) is 5.41 Å². The highest BCUT2D eigenvalue weighted by Gasteiger charge is 2.27. The van der Waals surface area contributed by atoms with Gasteiger partial charge in [-0.15, -0.1) is 0 Å². The number of hydrogen-bond acceptors (Lipinski definition) is 4. The van der Waals surface area contributed by atoms with Crippen LogP contribution in [-0.2, 0) is 0 Å². The molecule has 94 valence electrons. The van der Waals surface area contributed by atoms with E-state index in [1.54, 1.807) is 6.20 Å². The SMILES string of the molecule is CC1(CNC(=O)c2cnc(N)s2)CCCCC1. The van der Waals surface area contributed by atoms with Crippen LogP contribution >= 0.6 is 11.3 Å². The van der Waals surface area contributed by atoms with Crippen molar-refractivity contribution in [1.82, 2.24) is 10.3 Å². The van der Waals surface area contributed by atoms with E-state index in [4.69, 9.17) is 5.73 Å². The second-order valence-electron chi connectivity index (χ2n) is 5.12. The number of nitrogens with one attached hydrogen (secondary N) is 1. The number of hydrogen-bond donors (Lipinski definition) is 2. The Bertz CT molecular complexity index is 396. The lowest BCUT2D eigenvalue weighted by Gasteiger charge is -2.33. The molecule has 1 saturated carbocycles. The number of thiazole rings is 1. The number of amides is 1. The second-order valence-corrected chi connectivity index (χ2v) is 6.18. The first-order chi connectivity index (χ1) is 8.09. The van der Waals surface area contributed by atoms with Crippen LogP contribution in [0.2, 0.25) is 0 Å². The molecule has 0 unspecified atom stereocenters. The van der Waals surface area contributed by atoms with Gasteiger partial charge in [0, 0.05) is 6.54 Å². The summed E-state index contributed by atoms with van der Waals surface area (Å²) in [4.78, 5) is 16.3. The normalized spacial score (nSPS) is 18.9. The summed E-state index contributed by atoms with van der Waals surface area (Å²) in [6.07, 6.45) is 7.84. The third-order valence-corrected chi connectivity index (χ3v) is 4.31. The van der Waals surface area contributed by atoms with Gasteiger partial charge in [0.25, 0.3) is 5.91 Å². The van der Waals surface area contributed by atoms with Gasteiger partial charge in [0.1, 0.15) is 4.88 Å². The number of anilines is 1. The average Bonchev–Trinajstić information content (AvgIpc) is 2.74. The lowest BCUT2D eigenvalue weighted by Crippen LogP contribution is -2.36. The lowest BCUT2D eigenvalue weighted by molar-refractivity contribution is 0.0923. The number of rotatable bonds is 3. The smallest absolute Gasteiger partial charge is 0.263 e. The van der Waals surface area contributed by atoms with Crippen LogP contribution in [0.4, 0.5) is 5.13 Å². The van der Waals surface area contributed by atoms with Crippen molar-refractivity contribution in [3.8, 4) is 0 Å². The fraction of sp³-hybridized carbons (Fsp3) is 0.667. The Morgan fingerprint density at radius 3 is 2.82 bits per heavy atom. The van der Waals surface area contributed by atoms with Crippen molar-refractivity contribution < 1.29 is 4.79 Å². The molecule has 1 aromatic rings. The average molecular weight is 253 g/mol. The molecule has 1 aliphatic carbocycles. The fourth-order valence-corrected chi connectivity index (χ4v) is 2.96. The van der Waals surface area contributed by atoms with Crippen LogP contribution in [0.3, 0.4) is 0 Å². The minimum Gasteiger partial charge on any atom is -0.375 e. The zero-order valence-electron chi connectivity index (χ0n) is 10.2. The quantitative estimate of drug-likeness (QED) is 0.869. The van der Waals surface area contributed by atoms with Gasteiger partial charge in [0.15, 0.2) is 5.13 Å². The molecule has 0 bridgehead atoms. The molecule has 3 N–H and O–H groups in total. The zero-order chi connectivity index (χ0) is 12.3. The molecule has 1 amide bonds. The molecule has 0 spiro atoms. The van der Waals surface area contributed by atoms with E-state index in [2.05, 4.69) is 17.2 Å². The van der Waals surface area contributed by atoms with E-state index in [1.165, 1.54) is 43.4 Å². The molecular weight excluding hydrogens is 234 g/mol. The Balaban J connectivity index is 1.87. The molecule has 1 heterocycles. The predicted molar refractivity (Wildman–Crippen MR) is 70.1 cm³/mol. The van der Waals surface area contributed by atoms with E-state index in [0.717, 1.165) is 6.54 Å². The maximum Gasteiger partial charge on any atom is 0.263 e. The molecule has 1 aromatic heterocycles. The Kier molecular flexibility index (Phi) is 3.66. The summed E-state index contributed by atoms with van der Waals surface area (Å²) in [6, 6.07) is 0. The van der Waals surface area contributed by atoms with Gasteiger partial charge in [-0.25, -0.2) is 4.98 Å². The number of carbonyl (C=O) groups excluding carboxylic acids is 1. The van der Waals surface area contributed by atoms with Gasteiger partial charge in [-0.05, 0) is 18.3 Å². The van der Waals surface area contributed by atoms with Crippen LogP contribution in [0.1, 0.15) is 48.7 Å². The lowest BCUT2D eigenvalue weighted by atomic mass is 9.76. The van der Waals surface area contributed by atoms with Gasteiger partial charge in [-0.1, -0.05) is 37.5 Å². The van der Waals surface area contributed by atoms with Crippen LogP contribution in [-0.4, -0.2) is 17.4 Å². The zero-order valence-corrected chi connectivity index (χ0v) is 11.0. The first-order valence-corrected chi connectivity index (χ1v) is 6.90. The van der Waals surface area contributed by atoms with Crippen molar-refractivity contribution in [2.75, 3.05) is 12.3 Å². The highest BCUT2D eigenvalue weighted by atomic mass is 32.1. The summed E-state index contributed by atoms with van der Waals surface area (Å²) >= 11 is 1.24. The third kappa shape index (κ3) is 3.19. The third-order valence-electron chi connectivity index (χ3n) is 3.48. The minimum absolute atomic E-state index is 0.0500. The number of aromatic nitrogens is 1. The van der Waals surface area contributed by atoms with Crippen LogP contribution in [0.15, 0.2) is 6.20 Å². The Morgan fingerprint density at radius 1 is 1.53 bits per heavy atom. The van der Waals surface area contributed by atoms with E-state index < -0.39 is 0 Å². The summed E-state index contributed by atoms with van der Waals surface area (Å²) in [6.45, 7) is 3.01. The standard InChI is InChI=1S/C12H19N3OS/c1-12(5-3-2-4-6-12)8-15-10(16)9-7-14-11(13)17-9/h7H,2-6,8H2,1H3,(H2,13,14)(H,15,16). The molecule has 4 nitrogen and oxygen atoms in total. The number of nitrogens with two attached hydrogens (primary N) is 1.